The molecule has 8 heteroatoms. The van der Waals surface area contributed by atoms with E-state index in [0.717, 1.165) is 21.4 Å². The summed E-state index contributed by atoms with van der Waals surface area (Å²) in [6, 6.07) is 5.52. The molecule has 0 aliphatic carbocycles. The van der Waals surface area contributed by atoms with Gasteiger partial charge in [-0.25, -0.2) is 0 Å². The Bertz CT molecular complexity index is 759. The van der Waals surface area contributed by atoms with Gasteiger partial charge in [0.2, 0.25) is 17.8 Å². The van der Waals surface area contributed by atoms with Crippen LogP contribution in [0.25, 0.3) is 6.08 Å². The van der Waals surface area contributed by atoms with Gasteiger partial charge >= 0.3 is 0 Å². The van der Waals surface area contributed by atoms with Gasteiger partial charge in [-0.1, -0.05) is 43.0 Å². The molecule has 0 saturated carbocycles. The Morgan fingerprint density at radius 1 is 1.38 bits per heavy atom. The zero-order valence-electron chi connectivity index (χ0n) is 13.3. The van der Waals surface area contributed by atoms with E-state index in [1.54, 1.807) is 17.8 Å². The lowest BCUT2D eigenvalue weighted by Crippen LogP contribution is -2.07. The van der Waals surface area contributed by atoms with Crippen LogP contribution in [-0.2, 0) is 4.79 Å². The monoisotopic (exact) mass is 363 g/mol. The van der Waals surface area contributed by atoms with Gasteiger partial charge in [0, 0.05) is 11.8 Å². The molecule has 0 spiro atoms. The molecule has 3 rings (SSSR count). The number of carbonyl (C=O) groups excluding carboxylic acids is 1. The van der Waals surface area contributed by atoms with Crippen molar-refractivity contribution in [1.29, 1.82) is 0 Å². The molecule has 0 bridgehead atoms. The second-order valence-electron chi connectivity index (χ2n) is 5.51. The number of carbonyl (C=O) groups is 1. The van der Waals surface area contributed by atoms with E-state index in [1.165, 1.54) is 17.4 Å². The normalized spacial score (nSPS) is 13.0. The molecular weight excluding hydrogens is 346 g/mol. The predicted molar refractivity (Wildman–Crippen MR) is 95.7 cm³/mol. The highest BCUT2D eigenvalue weighted by Gasteiger charge is 2.12. The summed E-state index contributed by atoms with van der Waals surface area (Å²) < 4.78 is 11.4. The Morgan fingerprint density at radius 3 is 3.04 bits per heavy atom. The van der Waals surface area contributed by atoms with Crippen LogP contribution in [0, 0.1) is 5.92 Å². The third-order valence-corrected chi connectivity index (χ3v) is 5.40. The minimum absolute atomic E-state index is 0.233. The number of fused-ring (bicyclic) bond motifs is 1. The van der Waals surface area contributed by atoms with Crippen molar-refractivity contribution >= 4 is 40.2 Å². The Kier molecular flexibility index (Phi) is 5.37. The number of benzene rings is 1. The van der Waals surface area contributed by atoms with Gasteiger partial charge in [-0.15, -0.1) is 10.2 Å². The third-order valence-electron chi connectivity index (χ3n) is 3.00. The molecule has 1 N–H and O–H groups in total. The van der Waals surface area contributed by atoms with Crippen molar-refractivity contribution in [1.82, 2.24) is 10.2 Å². The quantitative estimate of drug-likeness (QED) is 0.480. The van der Waals surface area contributed by atoms with Crippen LogP contribution in [0.3, 0.4) is 0 Å². The van der Waals surface area contributed by atoms with Crippen molar-refractivity contribution in [2.24, 2.45) is 5.92 Å². The largest absolute Gasteiger partial charge is 0.454 e. The molecular formula is C16H17N3O3S2. The smallest absolute Gasteiger partial charge is 0.250 e. The Morgan fingerprint density at radius 2 is 2.21 bits per heavy atom. The molecule has 0 saturated heterocycles. The lowest BCUT2D eigenvalue weighted by Gasteiger charge is -1.99. The SMILES string of the molecule is CC(C)CSc1nnc(NC(=O)/C=C/c2ccc3c(c2)OCO3)s1. The molecule has 0 unspecified atom stereocenters. The lowest BCUT2D eigenvalue weighted by molar-refractivity contribution is -0.111. The van der Waals surface area contributed by atoms with E-state index in [0.29, 0.717) is 16.8 Å². The van der Waals surface area contributed by atoms with Crippen LogP contribution >= 0.6 is 23.1 Å². The number of nitrogens with one attached hydrogen (secondary N) is 1. The van der Waals surface area contributed by atoms with Gasteiger partial charge in [-0.3, -0.25) is 10.1 Å². The molecule has 0 fully saturated rings. The van der Waals surface area contributed by atoms with Crippen LogP contribution in [0.1, 0.15) is 19.4 Å². The van der Waals surface area contributed by atoms with Gasteiger partial charge in [0.15, 0.2) is 15.8 Å². The second-order valence-corrected chi connectivity index (χ2v) is 7.76. The van der Waals surface area contributed by atoms with Crippen molar-refractivity contribution in [2.45, 2.75) is 18.2 Å². The van der Waals surface area contributed by atoms with Crippen LogP contribution < -0.4 is 14.8 Å². The first kappa shape index (κ1) is 16.8. The Balaban J connectivity index is 1.55. The Labute approximate surface area is 148 Å². The number of hydrogen-bond donors (Lipinski definition) is 1. The van der Waals surface area contributed by atoms with E-state index >= 15 is 0 Å². The predicted octanol–water partition coefficient (Wildman–Crippen LogP) is 3.67. The average Bonchev–Trinajstić information content (AvgIpc) is 3.19. The van der Waals surface area contributed by atoms with Crippen LogP contribution in [0.5, 0.6) is 11.5 Å². The van der Waals surface area contributed by atoms with Crippen LogP contribution in [0.4, 0.5) is 5.13 Å². The average molecular weight is 363 g/mol. The van der Waals surface area contributed by atoms with Gasteiger partial charge in [-0.05, 0) is 29.7 Å². The van der Waals surface area contributed by atoms with Crippen molar-refractivity contribution in [3.05, 3.63) is 29.8 Å². The number of aromatic nitrogens is 2. The fraction of sp³-hybridized carbons (Fsp3) is 0.312. The number of anilines is 1. The number of amides is 1. The number of ether oxygens (including phenoxy) is 2. The van der Waals surface area contributed by atoms with E-state index in [2.05, 4.69) is 29.4 Å². The van der Waals surface area contributed by atoms with E-state index in [-0.39, 0.29) is 12.7 Å². The van der Waals surface area contributed by atoms with Gasteiger partial charge in [0.25, 0.3) is 0 Å². The van der Waals surface area contributed by atoms with Gasteiger partial charge < -0.3 is 9.47 Å². The zero-order valence-corrected chi connectivity index (χ0v) is 14.9. The van der Waals surface area contributed by atoms with E-state index in [4.69, 9.17) is 9.47 Å². The van der Waals surface area contributed by atoms with E-state index in [9.17, 15) is 4.79 Å². The summed E-state index contributed by atoms with van der Waals surface area (Å²) in [7, 11) is 0. The van der Waals surface area contributed by atoms with Gasteiger partial charge in [-0.2, -0.15) is 0 Å². The summed E-state index contributed by atoms with van der Waals surface area (Å²) in [5, 5.41) is 11.3. The number of nitrogens with zero attached hydrogens (tertiary/aromatic N) is 2. The maximum absolute atomic E-state index is 12.0. The summed E-state index contributed by atoms with van der Waals surface area (Å²) in [6.45, 7) is 4.53. The zero-order chi connectivity index (χ0) is 16.9. The lowest BCUT2D eigenvalue weighted by atomic mass is 10.2. The molecule has 1 amide bonds. The maximum Gasteiger partial charge on any atom is 0.250 e. The number of rotatable bonds is 6. The van der Waals surface area contributed by atoms with Crippen LogP contribution in [0.15, 0.2) is 28.6 Å². The van der Waals surface area contributed by atoms with Gasteiger partial charge in [0.1, 0.15) is 0 Å². The molecule has 126 valence electrons. The number of hydrogen-bond acceptors (Lipinski definition) is 7. The first-order valence-corrected chi connectivity index (χ1v) is 9.25. The second kappa shape index (κ2) is 7.67. The molecule has 1 aliphatic heterocycles. The van der Waals surface area contributed by atoms with E-state index < -0.39 is 0 Å². The van der Waals surface area contributed by atoms with Crippen molar-refractivity contribution in [3.8, 4) is 11.5 Å². The number of thioether (sulfide) groups is 1. The molecule has 1 aromatic carbocycles. The maximum atomic E-state index is 12.0. The van der Waals surface area contributed by atoms with Crippen molar-refractivity contribution in [2.75, 3.05) is 17.9 Å². The molecule has 0 atom stereocenters. The van der Waals surface area contributed by atoms with E-state index in [1.807, 2.05) is 18.2 Å². The first-order valence-electron chi connectivity index (χ1n) is 7.45. The Hall–Kier alpha value is -2.06. The first-order chi connectivity index (χ1) is 11.6. The highest BCUT2D eigenvalue weighted by molar-refractivity contribution is 8.01. The fourth-order valence-electron chi connectivity index (χ4n) is 1.89. The van der Waals surface area contributed by atoms with Crippen LogP contribution in [0.2, 0.25) is 0 Å². The molecule has 2 heterocycles. The summed E-state index contributed by atoms with van der Waals surface area (Å²) >= 11 is 3.03. The minimum Gasteiger partial charge on any atom is -0.454 e. The third kappa shape index (κ3) is 4.48. The molecule has 1 aliphatic rings. The standard InChI is InChI=1S/C16H17N3O3S2/c1-10(2)8-23-16-19-18-15(24-16)17-14(20)6-4-11-3-5-12-13(7-11)22-9-21-12/h3-7,10H,8-9H2,1-2H3,(H,17,18,20)/b6-4+. The molecule has 2 aromatic rings. The highest BCUT2D eigenvalue weighted by Crippen LogP contribution is 2.32. The molecule has 1 aromatic heterocycles. The summed E-state index contributed by atoms with van der Waals surface area (Å²) in [5.74, 6) is 2.73. The topological polar surface area (TPSA) is 73.3 Å². The molecule has 0 radical (unpaired) electrons. The summed E-state index contributed by atoms with van der Waals surface area (Å²) in [5.41, 5.74) is 0.861. The summed E-state index contributed by atoms with van der Waals surface area (Å²) in [4.78, 5) is 12.0. The van der Waals surface area contributed by atoms with Crippen LogP contribution in [-0.4, -0.2) is 28.7 Å². The summed E-state index contributed by atoms with van der Waals surface area (Å²) in [6.07, 6.45) is 3.17. The molecule has 24 heavy (non-hydrogen) atoms. The fourth-order valence-corrected chi connectivity index (χ4v) is 3.62. The molecule has 6 nitrogen and oxygen atoms in total. The van der Waals surface area contributed by atoms with Gasteiger partial charge in [0.05, 0.1) is 0 Å². The van der Waals surface area contributed by atoms with Crippen molar-refractivity contribution < 1.29 is 14.3 Å². The highest BCUT2D eigenvalue weighted by atomic mass is 32.2. The minimum atomic E-state index is -0.246. The van der Waals surface area contributed by atoms with Crippen molar-refractivity contribution in [3.63, 3.8) is 0 Å².